The fourth-order valence-electron chi connectivity index (χ4n) is 4.72. The normalized spacial score (nSPS) is 12.5. The highest BCUT2D eigenvalue weighted by molar-refractivity contribution is 5.84. The lowest BCUT2D eigenvalue weighted by Crippen LogP contribution is -2.32. The van der Waals surface area contributed by atoms with Crippen LogP contribution in [-0.4, -0.2) is 9.55 Å². The molecule has 0 aliphatic carbocycles. The van der Waals surface area contributed by atoms with Crippen molar-refractivity contribution in [3.8, 4) is 16.9 Å². The molecule has 0 saturated heterocycles. The number of hydrogen-bond acceptors (Lipinski definition) is 1. The summed E-state index contributed by atoms with van der Waals surface area (Å²) in [6, 6.07) is 25.9. The summed E-state index contributed by atoms with van der Waals surface area (Å²) in [6.07, 6.45) is 0.869. The third-order valence-electron chi connectivity index (χ3n) is 6.04. The minimum absolute atomic E-state index is 0.869. The van der Waals surface area contributed by atoms with Crippen LogP contribution in [0.15, 0.2) is 72.8 Å². The Morgan fingerprint density at radius 1 is 0.893 bits per heavy atom. The lowest BCUT2D eigenvalue weighted by atomic mass is 9.95. The minimum atomic E-state index is 0.869. The van der Waals surface area contributed by atoms with Gasteiger partial charge >= 0.3 is 0 Å². The maximum absolute atomic E-state index is 4.90. The molecule has 0 amide bonds. The van der Waals surface area contributed by atoms with Crippen molar-refractivity contribution < 1.29 is 4.57 Å². The van der Waals surface area contributed by atoms with E-state index in [-0.39, 0.29) is 0 Å². The number of fused-ring (bicyclic) bond motifs is 6. The molecule has 0 saturated carbocycles. The van der Waals surface area contributed by atoms with E-state index in [1.54, 1.807) is 0 Å². The van der Waals surface area contributed by atoms with E-state index in [1.807, 2.05) is 0 Å². The van der Waals surface area contributed by atoms with E-state index in [0.29, 0.717) is 0 Å². The van der Waals surface area contributed by atoms with Gasteiger partial charge in [0.05, 0.1) is 22.3 Å². The quantitative estimate of drug-likeness (QED) is 0.382. The van der Waals surface area contributed by atoms with E-state index in [0.717, 1.165) is 17.8 Å². The Kier molecular flexibility index (Phi) is 3.07. The fourth-order valence-corrected chi connectivity index (χ4v) is 4.72. The molecule has 0 unspecified atom stereocenters. The highest BCUT2D eigenvalue weighted by Gasteiger charge is 2.29. The standard InChI is InChI=1S/C25H20N3/c1-16-11-13-21-18(15-24-26-19-8-4-6-10-22(19)28(21)24)25(16)23-14-12-17-7-3-5-9-20(17)27(23)2/h3-14H,15H2,1-2H3/q+1. The first-order valence-electron chi connectivity index (χ1n) is 9.70. The monoisotopic (exact) mass is 362 g/mol. The summed E-state index contributed by atoms with van der Waals surface area (Å²) in [5.74, 6) is 1.13. The van der Waals surface area contributed by atoms with Crippen molar-refractivity contribution in [2.45, 2.75) is 13.3 Å². The summed E-state index contributed by atoms with van der Waals surface area (Å²) >= 11 is 0. The van der Waals surface area contributed by atoms with Gasteiger partial charge in [-0.1, -0.05) is 30.3 Å². The summed E-state index contributed by atoms with van der Waals surface area (Å²) in [6.45, 7) is 2.21. The van der Waals surface area contributed by atoms with Crippen molar-refractivity contribution >= 4 is 21.9 Å². The first kappa shape index (κ1) is 15.6. The highest BCUT2D eigenvalue weighted by Crippen LogP contribution is 2.39. The Labute approximate surface area is 163 Å². The molecular weight excluding hydrogens is 342 g/mol. The lowest BCUT2D eigenvalue weighted by Gasteiger charge is -2.12. The van der Waals surface area contributed by atoms with Crippen LogP contribution in [-0.2, 0) is 13.5 Å². The minimum Gasteiger partial charge on any atom is -0.296 e. The van der Waals surface area contributed by atoms with Crippen LogP contribution in [0.5, 0.6) is 0 Å². The highest BCUT2D eigenvalue weighted by atomic mass is 15.1. The molecule has 0 fully saturated rings. The third kappa shape index (κ3) is 1.99. The predicted molar refractivity (Wildman–Crippen MR) is 113 cm³/mol. The topological polar surface area (TPSA) is 21.7 Å². The Balaban J connectivity index is 1.65. The first-order chi connectivity index (χ1) is 13.7. The van der Waals surface area contributed by atoms with Gasteiger partial charge in [0, 0.05) is 23.9 Å². The molecule has 0 bridgehead atoms. The van der Waals surface area contributed by atoms with E-state index in [2.05, 4.69) is 95.9 Å². The number of nitrogens with zero attached hydrogens (tertiary/aromatic N) is 3. The second-order valence-corrected chi connectivity index (χ2v) is 7.62. The Bertz CT molecular complexity index is 1410. The zero-order valence-electron chi connectivity index (χ0n) is 16.0. The molecule has 0 N–H and O–H groups in total. The van der Waals surface area contributed by atoms with Gasteiger partial charge in [0.2, 0.25) is 11.2 Å². The van der Waals surface area contributed by atoms with Gasteiger partial charge in [-0.2, -0.15) is 4.57 Å². The summed E-state index contributed by atoms with van der Waals surface area (Å²) in [5, 5.41) is 1.26. The number of benzene rings is 3. The van der Waals surface area contributed by atoms with Gasteiger partial charge in [-0.3, -0.25) is 4.57 Å². The molecule has 3 nitrogen and oxygen atoms in total. The molecule has 3 aromatic carbocycles. The summed E-state index contributed by atoms with van der Waals surface area (Å²) in [4.78, 5) is 4.90. The van der Waals surface area contributed by atoms with E-state index in [1.165, 1.54) is 44.5 Å². The number of rotatable bonds is 1. The van der Waals surface area contributed by atoms with Gasteiger partial charge in [0.25, 0.3) is 0 Å². The maximum atomic E-state index is 4.90. The van der Waals surface area contributed by atoms with Gasteiger partial charge in [0.1, 0.15) is 12.9 Å². The molecule has 3 heterocycles. The number of para-hydroxylation sites is 3. The van der Waals surface area contributed by atoms with Crippen LogP contribution in [0.1, 0.15) is 17.0 Å². The number of aromatic nitrogens is 3. The summed E-state index contributed by atoms with van der Waals surface area (Å²) < 4.78 is 4.64. The molecule has 2 aromatic heterocycles. The Morgan fingerprint density at radius 2 is 1.71 bits per heavy atom. The van der Waals surface area contributed by atoms with Crippen LogP contribution in [0.4, 0.5) is 0 Å². The molecule has 6 rings (SSSR count). The van der Waals surface area contributed by atoms with Crippen molar-refractivity contribution in [3.63, 3.8) is 0 Å². The molecule has 5 aromatic rings. The van der Waals surface area contributed by atoms with Crippen molar-refractivity contribution in [3.05, 3.63) is 89.7 Å². The molecule has 28 heavy (non-hydrogen) atoms. The van der Waals surface area contributed by atoms with Gasteiger partial charge in [-0.15, -0.1) is 0 Å². The molecule has 0 spiro atoms. The molecule has 134 valence electrons. The fraction of sp³-hybridized carbons (Fsp3) is 0.120. The smallest absolute Gasteiger partial charge is 0.213 e. The van der Waals surface area contributed by atoms with Crippen LogP contribution >= 0.6 is 0 Å². The van der Waals surface area contributed by atoms with Crippen LogP contribution in [0, 0.1) is 6.92 Å². The Morgan fingerprint density at radius 3 is 2.64 bits per heavy atom. The molecule has 0 radical (unpaired) electrons. The van der Waals surface area contributed by atoms with Crippen LogP contribution in [0.3, 0.4) is 0 Å². The second-order valence-electron chi connectivity index (χ2n) is 7.62. The average molecular weight is 362 g/mol. The molecule has 1 aliphatic heterocycles. The number of imidazole rings is 1. The van der Waals surface area contributed by atoms with Crippen molar-refractivity contribution in [1.82, 2.24) is 9.55 Å². The zero-order valence-corrected chi connectivity index (χ0v) is 16.0. The van der Waals surface area contributed by atoms with E-state index in [4.69, 9.17) is 4.98 Å². The number of pyridine rings is 1. The summed E-state index contributed by atoms with van der Waals surface area (Å²) in [5.41, 5.74) is 10.0. The third-order valence-corrected chi connectivity index (χ3v) is 6.04. The zero-order chi connectivity index (χ0) is 18.8. The second kappa shape index (κ2) is 5.52. The maximum Gasteiger partial charge on any atom is 0.213 e. The van der Waals surface area contributed by atoms with Gasteiger partial charge < -0.3 is 0 Å². The summed E-state index contributed by atoms with van der Waals surface area (Å²) in [7, 11) is 2.17. The van der Waals surface area contributed by atoms with Crippen LogP contribution in [0.25, 0.3) is 38.9 Å². The van der Waals surface area contributed by atoms with Crippen LogP contribution < -0.4 is 4.57 Å². The molecule has 0 atom stereocenters. The molecule has 3 heteroatoms. The first-order valence-corrected chi connectivity index (χ1v) is 9.70. The SMILES string of the molecule is Cc1ccc2c(c1-c1ccc3ccccc3[n+]1C)Cc1nc3ccccc3n1-2. The van der Waals surface area contributed by atoms with E-state index in [9.17, 15) is 0 Å². The predicted octanol–water partition coefficient (Wildman–Crippen LogP) is 4.88. The number of hydrogen-bond donors (Lipinski definition) is 0. The van der Waals surface area contributed by atoms with Crippen molar-refractivity contribution in [1.29, 1.82) is 0 Å². The van der Waals surface area contributed by atoms with Crippen LogP contribution in [0.2, 0.25) is 0 Å². The lowest BCUT2D eigenvalue weighted by molar-refractivity contribution is -0.633. The molecule has 1 aliphatic rings. The Hall–Kier alpha value is -3.46. The molecular formula is C25H20N3+. The van der Waals surface area contributed by atoms with E-state index < -0.39 is 0 Å². The average Bonchev–Trinajstić information content (AvgIpc) is 3.25. The van der Waals surface area contributed by atoms with Crippen molar-refractivity contribution in [2.75, 3.05) is 0 Å². The van der Waals surface area contributed by atoms with Gasteiger partial charge in [0.15, 0.2) is 0 Å². The van der Waals surface area contributed by atoms with Gasteiger partial charge in [-0.25, -0.2) is 4.98 Å². The number of aryl methyl sites for hydroxylation is 2. The van der Waals surface area contributed by atoms with E-state index >= 15 is 0 Å². The van der Waals surface area contributed by atoms with Crippen molar-refractivity contribution in [2.24, 2.45) is 7.05 Å². The van der Waals surface area contributed by atoms with Gasteiger partial charge in [-0.05, 0) is 48.4 Å². The largest absolute Gasteiger partial charge is 0.296 e.